The van der Waals surface area contributed by atoms with Crippen LogP contribution in [0.5, 0.6) is 0 Å². The third-order valence-corrected chi connectivity index (χ3v) is 0.241. The molecule has 0 aliphatic rings. The molecule has 0 aromatic rings. The molecule has 0 saturated carbocycles. The second-order valence-corrected chi connectivity index (χ2v) is 0.843. The molecule has 1 atom stereocenters. The van der Waals surface area contributed by atoms with Gasteiger partial charge in [-0.1, -0.05) is 5.92 Å². The number of aliphatic hydroxyl groups is 1. The van der Waals surface area contributed by atoms with E-state index in [1.807, 2.05) is 0 Å². The lowest BCUT2D eigenvalue weighted by atomic mass is 10.4. The van der Waals surface area contributed by atoms with Gasteiger partial charge in [-0.3, -0.25) is 0 Å². The number of hydrogen-bond acceptors (Lipinski definition) is 1. The van der Waals surface area contributed by atoms with Gasteiger partial charge in [-0.05, 0) is 6.92 Å². The maximum Gasteiger partial charge on any atom is 0.111 e. The van der Waals surface area contributed by atoms with E-state index in [1.165, 1.54) is 0 Å². The molecule has 0 aromatic carbocycles. The minimum Gasteiger partial charge on any atom is -0.381 e. The van der Waals surface area contributed by atoms with E-state index in [0.29, 0.717) is 0 Å². The Morgan fingerprint density at radius 1 is 1.83 bits per heavy atom. The molecule has 0 aliphatic carbocycles. The molecule has 1 nitrogen and oxygen atoms in total. The van der Waals surface area contributed by atoms with Gasteiger partial charge in [0.05, 0.1) is 0 Å². The van der Waals surface area contributed by atoms with Gasteiger partial charge >= 0.3 is 0 Å². The molecule has 0 amide bonds. The number of terminal acetylenes is 1. The molecule has 0 rings (SSSR count). The molecule has 0 heterocycles. The molecule has 0 spiro atoms. The van der Waals surface area contributed by atoms with Gasteiger partial charge in [0, 0.05) is 0 Å². The highest BCUT2D eigenvalue weighted by molar-refractivity contribution is 5.85. The van der Waals surface area contributed by atoms with Crippen molar-refractivity contribution in [1.82, 2.24) is 0 Å². The van der Waals surface area contributed by atoms with E-state index >= 15 is 0 Å². The molecule has 1 N–H and O–H groups in total. The summed E-state index contributed by atoms with van der Waals surface area (Å²) < 4.78 is 0. The molecule has 0 aliphatic heterocycles. The Hall–Kier alpha value is -0.190. The van der Waals surface area contributed by atoms with Crippen LogP contribution >= 0.6 is 12.4 Å². The Labute approximate surface area is 43.8 Å². The Balaban J connectivity index is 0. The van der Waals surface area contributed by atoms with Crippen LogP contribution in [0.4, 0.5) is 0 Å². The Bertz CT molecular complexity index is 53.1. The molecule has 0 aromatic heterocycles. The summed E-state index contributed by atoms with van der Waals surface area (Å²) in [6.45, 7) is 1.54. The lowest BCUT2D eigenvalue weighted by Crippen LogP contribution is -1.90. The van der Waals surface area contributed by atoms with Gasteiger partial charge in [-0.25, -0.2) is 0 Å². The van der Waals surface area contributed by atoms with Crippen molar-refractivity contribution in [2.75, 3.05) is 0 Å². The van der Waals surface area contributed by atoms with Gasteiger partial charge in [0.25, 0.3) is 0 Å². The van der Waals surface area contributed by atoms with Gasteiger partial charge in [0.15, 0.2) is 0 Å². The first-order valence-electron chi connectivity index (χ1n) is 1.41. The van der Waals surface area contributed by atoms with Crippen LogP contribution in [0, 0.1) is 12.3 Å². The number of halogens is 1. The van der Waals surface area contributed by atoms with Gasteiger partial charge in [0.1, 0.15) is 6.10 Å². The fourth-order valence-electron chi connectivity index (χ4n) is 0. The van der Waals surface area contributed by atoms with Gasteiger partial charge in [-0.2, -0.15) is 0 Å². The van der Waals surface area contributed by atoms with E-state index in [9.17, 15) is 0 Å². The predicted octanol–water partition coefficient (Wildman–Crippen LogP) is 0.422. The normalized spacial score (nSPS) is 10.8. The maximum absolute atomic E-state index is 8.12. The van der Waals surface area contributed by atoms with Crippen molar-refractivity contribution in [2.45, 2.75) is 13.0 Å². The first-order valence-corrected chi connectivity index (χ1v) is 1.41. The van der Waals surface area contributed by atoms with Crippen molar-refractivity contribution in [3.05, 3.63) is 0 Å². The standard InChI is InChI=1S/C4H6O.ClH/c1-3-4(2)5;/h1,4-5H,2H3;1H. The highest BCUT2D eigenvalue weighted by atomic mass is 35.5. The van der Waals surface area contributed by atoms with Crippen molar-refractivity contribution < 1.29 is 5.11 Å². The minimum atomic E-state index is -0.588. The molecular formula is C4H7ClO. The zero-order chi connectivity index (χ0) is 4.28. The van der Waals surface area contributed by atoms with E-state index in [2.05, 4.69) is 12.3 Å². The van der Waals surface area contributed by atoms with E-state index < -0.39 is 6.10 Å². The van der Waals surface area contributed by atoms with E-state index in [4.69, 9.17) is 5.11 Å². The van der Waals surface area contributed by atoms with Crippen molar-refractivity contribution in [1.29, 1.82) is 0 Å². The Kier molecular flexibility index (Phi) is 7.42. The maximum atomic E-state index is 8.12. The fourth-order valence-corrected chi connectivity index (χ4v) is 0. The molecular weight excluding hydrogens is 99.5 g/mol. The third-order valence-electron chi connectivity index (χ3n) is 0.241. The first-order chi connectivity index (χ1) is 2.27. The molecule has 0 saturated heterocycles. The van der Waals surface area contributed by atoms with Gasteiger partial charge in [-0.15, -0.1) is 18.8 Å². The molecule has 2 heteroatoms. The number of hydrogen-bond donors (Lipinski definition) is 1. The monoisotopic (exact) mass is 106 g/mol. The summed E-state index contributed by atoms with van der Waals surface area (Å²) in [5.41, 5.74) is 0. The predicted molar refractivity (Wildman–Crippen MR) is 27.8 cm³/mol. The Morgan fingerprint density at radius 3 is 2.00 bits per heavy atom. The zero-order valence-corrected chi connectivity index (χ0v) is 4.33. The molecule has 1 unspecified atom stereocenters. The van der Waals surface area contributed by atoms with Crippen molar-refractivity contribution in [3.63, 3.8) is 0 Å². The van der Waals surface area contributed by atoms with Crippen molar-refractivity contribution >= 4 is 12.4 Å². The SMILES string of the molecule is C#CC(C)O.Cl. The average Bonchev–Trinajstić information content (AvgIpc) is 1.38. The summed E-state index contributed by atoms with van der Waals surface area (Å²) in [6, 6.07) is 0. The summed E-state index contributed by atoms with van der Waals surface area (Å²) in [4.78, 5) is 0. The second-order valence-electron chi connectivity index (χ2n) is 0.843. The van der Waals surface area contributed by atoms with Crippen LogP contribution in [0.15, 0.2) is 0 Å². The molecule has 6 heavy (non-hydrogen) atoms. The van der Waals surface area contributed by atoms with Gasteiger partial charge in [0.2, 0.25) is 0 Å². The smallest absolute Gasteiger partial charge is 0.111 e. The van der Waals surface area contributed by atoms with Crippen molar-refractivity contribution in [3.8, 4) is 12.3 Å². The first kappa shape index (κ1) is 9.26. The van der Waals surface area contributed by atoms with Crippen LogP contribution in [-0.4, -0.2) is 11.2 Å². The fraction of sp³-hybridized carbons (Fsp3) is 0.500. The highest BCUT2D eigenvalue weighted by Crippen LogP contribution is 1.66. The van der Waals surface area contributed by atoms with Crippen LogP contribution in [0.1, 0.15) is 6.92 Å². The van der Waals surface area contributed by atoms with Crippen LogP contribution in [0.3, 0.4) is 0 Å². The summed E-state index contributed by atoms with van der Waals surface area (Å²) in [6.07, 6.45) is 4.08. The Morgan fingerprint density at radius 2 is 2.00 bits per heavy atom. The third kappa shape index (κ3) is 9.18. The largest absolute Gasteiger partial charge is 0.381 e. The minimum absolute atomic E-state index is 0. The number of aliphatic hydroxyl groups excluding tert-OH is 1. The van der Waals surface area contributed by atoms with E-state index in [0.717, 1.165) is 0 Å². The van der Waals surface area contributed by atoms with E-state index in [1.54, 1.807) is 6.92 Å². The van der Waals surface area contributed by atoms with E-state index in [-0.39, 0.29) is 12.4 Å². The zero-order valence-electron chi connectivity index (χ0n) is 3.51. The van der Waals surface area contributed by atoms with Crippen LogP contribution < -0.4 is 0 Å². The quantitative estimate of drug-likeness (QED) is 0.444. The van der Waals surface area contributed by atoms with Gasteiger partial charge < -0.3 is 5.11 Å². The summed E-state index contributed by atoms with van der Waals surface area (Å²) in [5, 5.41) is 8.12. The second kappa shape index (κ2) is 4.81. The highest BCUT2D eigenvalue weighted by Gasteiger charge is 1.75. The lowest BCUT2D eigenvalue weighted by Gasteiger charge is -1.80. The average molecular weight is 107 g/mol. The topological polar surface area (TPSA) is 20.2 Å². The molecule has 0 radical (unpaired) electrons. The summed E-state index contributed by atoms with van der Waals surface area (Å²) in [7, 11) is 0. The lowest BCUT2D eigenvalue weighted by molar-refractivity contribution is 0.253. The molecule has 36 valence electrons. The number of rotatable bonds is 0. The van der Waals surface area contributed by atoms with Crippen LogP contribution in [0.2, 0.25) is 0 Å². The summed E-state index contributed by atoms with van der Waals surface area (Å²) >= 11 is 0. The summed E-state index contributed by atoms with van der Waals surface area (Å²) in [5.74, 6) is 2.08. The van der Waals surface area contributed by atoms with Crippen molar-refractivity contribution in [2.24, 2.45) is 0 Å². The van der Waals surface area contributed by atoms with Crippen LogP contribution in [0.25, 0.3) is 0 Å². The van der Waals surface area contributed by atoms with Crippen LogP contribution in [-0.2, 0) is 0 Å². The molecule has 0 fully saturated rings. The molecule has 0 bridgehead atoms.